The second-order valence-corrected chi connectivity index (χ2v) is 9.06. The van der Waals surface area contributed by atoms with Crippen molar-refractivity contribution < 1.29 is 30.5 Å². The fourth-order valence-corrected chi connectivity index (χ4v) is 3.64. The normalized spacial score (nSPS) is 10.4. The maximum Gasteiger partial charge on any atom is 0.425 e. The largest absolute Gasteiger partial charge is 0.439 e. The maximum atomic E-state index is 12.6. The molecule has 0 aliphatic heterocycles. The van der Waals surface area contributed by atoms with Gasteiger partial charge in [0.25, 0.3) is 0 Å². The number of nitrogens with zero attached hydrogens (tertiary/aromatic N) is 3. The van der Waals surface area contributed by atoms with Crippen LogP contribution >= 0.6 is 11.6 Å². The van der Waals surface area contributed by atoms with Crippen molar-refractivity contribution in [1.29, 1.82) is 0 Å². The van der Waals surface area contributed by atoms with Crippen molar-refractivity contribution in [2.24, 2.45) is 0 Å². The number of halogens is 4. The lowest BCUT2D eigenvalue weighted by Gasteiger charge is -2.09. The van der Waals surface area contributed by atoms with Crippen LogP contribution in [0.4, 0.5) is 13.2 Å². The first kappa shape index (κ1) is 32.4. The van der Waals surface area contributed by atoms with Gasteiger partial charge in [0.15, 0.2) is 0 Å². The lowest BCUT2D eigenvalue weighted by molar-refractivity contribution is -0.137. The second kappa shape index (κ2) is 16.3. The molecule has 0 saturated carbocycles. The number of rotatable bonds is 7. The molecular formula is C28H27ClF3N3O4S. The summed E-state index contributed by atoms with van der Waals surface area (Å²) in [5.41, 5.74) is 3.31. The zero-order valence-corrected chi connectivity index (χ0v) is 23.3. The van der Waals surface area contributed by atoms with Crippen LogP contribution in [0, 0.1) is 6.92 Å². The monoisotopic (exact) mass is 593 g/mol. The summed E-state index contributed by atoms with van der Waals surface area (Å²) in [4.78, 5) is 12.6. The van der Waals surface area contributed by atoms with E-state index in [4.69, 9.17) is 29.0 Å². The smallest absolute Gasteiger partial charge is 0.425 e. The quantitative estimate of drug-likeness (QED) is 0.226. The van der Waals surface area contributed by atoms with E-state index in [9.17, 15) is 13.2 Å². The van der Waals surface area contributed by atoms with Crippen LogP contribution in [0.15, 0.2) is 79.3 Å². The first-order chi connectivity index (χ1) is 19.0. The van der Waals surface area contributed by atoms with E-state index in [1.807, 2.05) is 31.2 Å². The summed E-state index contributed by atoms with van der Waals surface area (Å²) < 4.78 is 68.6. The van der Waals surface area contributed by atoms with E-state index in [0.717, 1.165) is 54.8 Å². The van der Waals surface area contributed by atoms with Gasteiger partial charge in [0, 0.05) is 12.3 Å². The van der Waals surface area contributed by atoms with Gasteiger partial charge >= 0.3 is 16.8 Å². The number of hydrogen-bond donors (Lipinski definition) is 0. The van der Waals surface area contributed by atoms with E-state index in [1.54, 1.807) is 12.3 Å². The van der Waals surface area contributed by atoms with Crippen LogP contribution in [0.25, 0.3) is 0 Å². The average molecular weight is 594 g/mol. The molecule has 0 unspecified atom stereocenters. The van der Waals surface area contributed by atoms with Crippen LogP contribution in [-0.2, 0) is 36.0 Å². The molecule has 0 amide bonds. The van der Waals surface area contributed by atoms with Gasteiger partial charge in [0.05, 0.1) is 22.0 Å². The molecule has 0 atom stereocenters. The molecule has 0 spiro atoms. The number of pyridine rings is 1. The van der Waals surface area contributed by atoms with Gasteiger partial charge in [-0.3, -0.25) is 0 Å². The van der Waals surface area contributed by atoms with E-state index in [0.29, 0.717) is 16.7 Å². The molecular weight excluding hydrogens is 567 g/mol. The van der Waals surface area contributed by atoms with Gasteiger partial charge in [-0.1, -0.05) is 60.5 Å². The number of aromatic nitrogens is 3. The van der Waals surface area contributed by atoms with Crippen LogP contribution in [0.2, 0.25) is 5.02 Å². The number of hydrogen-bond acceptors (Lipinski definition) is 7. The molecule has 0 radical (unpaired) electrons. The molecule has 212 valence electrons. The molecule has 0 N–H and O–H groups in total. The molecule has 4 aromatic rings. The molecule has 40 heavy (non-hydrogen) atoms. The van der Waals surface area contributed by atoms with Gasteiger partial charge in [0.1, 0.15) is 12.1 Å². The Morgan fingerprint density at radius 1 is 0.850 bits per heavy atom. The van der Waals surface area contributed by atoms with E-state index in [-0.39, 0.29) is 0 Å². The molecule has 12 heteroatoms. The van der Waals surface area contributed by atoms with E-state index in [1.165, 1.54) is 24.0 Å². The third kappa shape index (κ3) is 11.9. The summed E-state index contributed by atoms with van der Waals surface area (Å²) in [6, 6.07) is 18.3. The van der Waals surface area contributed by atoms with E-state index < -0.39 is 22.3 Å². The Bertz CT molecular complexity index is 1430. The zero-order chi connectivity index (χ0) is 29.5. The molecule has 0 saturated heterocycles. The van der Waals surface area contributed by atoms with Crippen molar-refractivity contribution in [3.8, 4) is 11.6 Å². The van der Waals surface area contributed by atoms with Crippen molar-refractivity contribution in [3.63, 3.8) is 0 Å². The second-order valence-electron chi connectivity index (χ2n) is 8.28. The number of aryl methyl sites for hydroxylation is 4. The lowest BCUT2D eigenvalue weighted by atomic mass is 10.1. The van der Waals surface area contributed by atoms with Crippen molar-refractivity contribution in [1.82, 2.24) is 15.0 Å². The minimum Gasteiger partial charge on any atom is -0.439 e. The zero-order valence-electron chi connectivity index (χ0n) is 21.7. The topological polar surface area (TPSA) is 99.1 Å². The lowest BCUT2D eigenvalue weighted by Crippen LogP contribution is -2.04. The summed E-state index contributed by atoms with van der Waals surface area (Å²) in [5, 5.41) is 0.633. The summed E-state index contributed by atoms with van der Waals surface area (Å²) in [6.45, 7) is 4.08. The van der Waals surface area contributed by atoms with Gasteiger partial charge in [-0.25, -0.2) is 15.0 Å². The minimum absolute atomic E-state index is 0.295. The fraction of sp³-hybridized carbons (Fsp3) is 0.250. The predicted octanol–water partition coefficient (Wildman–Crippen LogP) is 7.06. The first-order valence-electron chi connectivity index (χ1n) is 12.1. The van der Waals surface area contributed by atoms with Crippen molar-refractivity contribution in [2.75, 3.05) is 0 Å². The minimum atomic E-state index is -4.37. The van der Waals surface area contributed by atoms with Crippen LogP contribution in [0.3, 0.4) is 0 Å². The molecule has 2 heterocycles. The fourth-order valence-electron chi connectivity index (χ4n) is 3.32. The van der Waals surface area contributed by atoms with E-state index >= 15 is 0 Å². The van der Waals surface area contributed by atoms with Crippen molar-refractivity contribution >= 4 is 22.2 Å². The Kier molecular flexibility index (Phi) is 13.2. The summed E-state index contributed by atoms with van der Waals surface area (Å²) in [6.07, 6.45) is 1.99. The summed E-state index contributed by atoms with van der Waals surface area (Å²) in [5.74, 6) is 0.614. The van der Waals surface area contributed by atoms with Crippen LogP contribution in [0.5, 0.6) is 11.6 Å². The van der Waals surface area contributed by atoms with Gasteiger partial charge < -0.3 is 4.74 Å². The van der Waals surface area contributed by atoms with Crippen LogP contribution in [0.1, 0.15) is 41.4 Å². The highest BCUT2D eigenvalue weighted by Gasteiger charge is 2.30. The van der Waals surface area contributed by atoms with Crippen LogP contribution < -0.4 is 4.74 Å². The standard InChI is InChI=1S/C21H19ClF3N3O.C7H8.O3S/c1-2-17-20(22)18(28-13-27-17)5-3-4-14-6-11-19(26-12-14)29-16-9-7-15(8-10-16)21(23,24)25;1-7-5-3-2-4-6-7;1-4(2)3/h6-13H,2-5H2,1H3;2-6H,1H3;. The Balaban J connectivity index is 0.000000426. The van der Waals surface area contributed by atoms with Gasteiger partial charge in [-0.2, -0.15) is 13.2 Å². The number of alkyl halides is 3. The molecule has 2 aromatic carbocycles. The molecule has 0 bridgehead atoms. The predicted molar refractivity (Wildman–Crippen MR) is 145 cm³/mol. The molecule has 7 nitrogen and oxygen atoms in total. The Morgan fingerprint density at radius 3 is 1.98 bits per heavy atom. The Labute approximate surface area is 237 Å². The van der Waals surface area contributed by atoms with E-state index in [2.05, 4.69) is 34.0 Å². The first-order valence-corrected chi connectivity index (χ1v) is 13.4. The highest BCUT2D eigenvalue weighted by molar-refractivity contribution is 7.59. The Hall–Kier alpha value is -3.83. The average Bonchev–Trinajstić information content (AvgIpc) is 2.91. The van der Waals surface area contributed by atoms with Crippen molar-refractivity contribution in [3.05, 3.63) is 112 Å². The molecule has 0 aliphatic rings. The highest BCUT2D eigenvalue weighted by atomic mass is 35.5. The number of benzene rings is 2. The SMILES string of the molecule is CCc1ncnc(CCCc2ccc(Oc3ccc(C(F)(F)F)cc3)nc2)c1Cl.Cc1ccccc1.O=S(=O)=O. The summed E-state index contributed by atoms with van der Waals surface area (Å²) >= 11 is 6.31. The summed E-state index contributed by atoms with van der Waals surface area (Å²) in [7, 11) is -3.11. The van der Waals surface area contributed by atoms with Gasteiger partial charge in [-0.15, -0.1) is 12.6 Å². The third-order valence-corrected chi connectivity index (χ3v) is 5.73. The molecule has 4 rings (SSSR count). The molecule has 2 aromatic heterocycles. The third-order valence-electron chi connectivity index (χ3n) is 5.29. The number of ether oxygens (including phenoxy) is 1. The van der Waals surface area contributed by atoms with Crippen LogP contribution in [-0.4, -0.2) is 27.6 Å². The van der Waals surface area contributed by atoms with Crippen molar-refractivity contribution in [2.45, 2.75) is 45.7 Å². The highest BCUT2D eigenvalue weighted by Crippen LogP contribution is 2.31. The van der Waals surface area contributed by atoms with Gasteiger partial charge in [0.2, 0.25) is 5.88 Å². The molecule has 0 aliphatic carbocycles. The maximum absolute atomic E-state index is 12.6. The van der Waals surface area contributed by atoms with Gasteiger partial charge in [-0.05, 0) is 62.4 Å². The Morgan fingerprint density at radius 2 is 1.48 bits per heavy atom. The molecule has 0 fully saturated rings.